The highest BCUT2D eigenvalue weighted by molar-refractivity contribution is 8.00. The van der Waals surface area contributed by atoms with Gasteiger partial charge in [0.1, 0.15) is 0 Å². The molecule has 2 rings (SSSR count). The minimum absolute atomic E-state index is 0.0599. The first kappa shape index (κ1) is 13.1. The smallest absolute Gasteiger partial charge is 0.0934 e. The topological polar surface area (TPSA) is 40.5 Å². The van der Waals surface area contributed by atoms with Gasteiger partial charge in [0.15, 0.2) is 0 Å². The molecule has 18 heavy (non-hydrogen) atoms. The second kappa shape index (κ2) is 6.59. The van der Waals surface area contributed by atoms with Crippen molar-refractivity contribution in [3.05, 3.63) is 66.2 Å². The molecule has 2 aromatic carbocycles. The molecule has 2 N–H and O–H groups in total. The van der Waals surface area contributed by atoms with Gasteiger partial charge < -0.3 is 10.2 Å². The van der Waals surface area contributed by atoms with E-state index in [0.717, 1.165) is 10.5 Å². The van der Waals surface area contributed by atoms with Crippen molar-refractivity contribution in [1.82, 2.24) is 0 Å². The summed E-state index contributed by atoms with van der Waals surface area (Å²) in [5.41, 5.74) is 0.833. The Hall–Kier alpha value is -1.29. The fourth-order valence-corrected chi connectivity index (χ4v) is 2.76. The zero-order chi connectivity index (χ0) is 12.8. The Kier molecular flexibility index (Phi) is 4.81. The molecule has 0 fully saturated rings. The summed E-state index contributed by atoms with van der Waals surface area (Å²) in [6, 6.07) is 19.2. The van der Waals surface area contributed by atoms with Crippen LogP contribution in [0.4, 0.5) is 0 Å². The average Bonchev–Trinajstić information content (AvgIpc) is 2.46. The number of hydrogen-bond acceptors (Lipinski definition) is 3. The molecule has 0 aliphatic rings. The van der Waals surface area contributed by atoms with Gasteiger partial charge in [-0.15, -0.1) is 11.8 Å². The van der Waals surface area contributed by atoms with Gasteiger partial charge in [0.2, 0.25) is 0 Å². The van der Waals surface area contributed by atoms with E-state index in [-0.39, 0.29) is 11.9 Å². The maximum Gasteiger partial charge on any atom is 0.0934 e. The summed E-state index contributed by atoms with van der Waals surface area (Å²) in [4.78, 5) is 1.05. The molecular formula is C15H16O2S. The lowest BCUT2D eigenvalue weighted by atomic mass is 10.1. The molecule has 2 nitrogen and oxygen atoms in total. The zero-order valence-electron chi connectivity index (χ0n) is 9.94. The quantitative estimate of drug-likeness (QED) is 0.812. The number of aliphatic hydroxyl groups is 2. The van der Waals surface area contributed by atoms with Crippen LogP contribution in [0.2, 0.25) is 0 Å². The van der Waals surface area contributed by atoms with E-state index in [1.165, 1.54) is 11.8 Å². The van der Waals surface area contributed by atoms with E-state index >= 15 is 0 Å². The predicted molar refractivity (Wildman–Crippen MR) is 74.6 cm³/mol. The van der Waals surface area contributed by atoms with Crippen LogP contribution in [0.25, 0.3) is 0 Å². The van der Waals surface area contributed by atoms with Crippen LogP contribution in [0.1, 0.15) is 11.7 Å². The van der Waals surface area contributed by atoms with Gasteiger partial charge in [0.25, 0.3) is 0 Å². The molecule has 0 unspecified atom stereocenters. The molecule has 0 saturated carbocycles. The van der Waals surface area contributed by atoms with Crippen molar-refractivity contribution in [2.75, 3.05) is 6.61 Å². The molecule has 2 atom stereocenters. The summed E-state index contributed by atoms with van der Waals surface area (Å²) in [6.07, 6.45) is -0.665. The lowest BCUT2D eigenvalue weighted by molar-refractivity contribution is 0.142. The molecule has 0 amide bonds. The van der Waals surface area contributed by atoms with E-state index in [1.54, 1.807) is 0 Å². The highest BCUT2D eigenvalue weighted by atomic mass is 32.2. The maximum atomic E-state index is 10.3. The second-order valence-electron chi connectivity index (χ2n) is 4.01. The minimum atomic E-state index is -0.665. The molecule has 0 bridgehead atoms. The zero-order valence-corrected chi connectivity index (χ0v) is 10.8. The third kappa shape index (κ3) is 3.35. The van der Waals surface area contributed by atoms with Gasteiger partial charge in [0, 0.05) is 4.90 Å². The van der Waals surface area contributed by atoms with Crippen LogP contribution in [-0.2, 0) is 0 Å². The second-order valence-corrected chi connectivity index (χ2v) is 5.32. The molecule has 0 aliphatic heterocycles. The molecule has 0 heterocycles. The number of thioether (sulfide) groups is 1. The third-order valence-electron chi connectivity index (χ3n) is 2.70. The Balaban J connectivity index is 2.09. The Bertz CT molecular complexity index is 458. The van der Waals surface area contributed by atoms with Crippen LogP contribution in [0.5, 0.6) is 0 Å². The van der Waals surface area contributed by atoms with E-state index in [2.05, 4.69) is 0 Å². The number of rotatable bonds is 5. The molecule has 0 aromatic heterocycles. The minimum Gasteiger partial charge on any atom is -0.395 e. The fourth-order valence-electron chi connectivity index (χ4n) is 1.74. The van der Waals surface area contributed by atoms with E-state index < -0.39 is 6.10 Å². The Morgan fingerprint density at radius 1 is 0.889 bits per heavy atom. The summed E-state index contributed by atoms with van der Waals surface area (Å²) < 4.78 is 0. The van der Waals surface area contributed by atoms with Crippen LogP contribution < -0.4 is 0 Å². The van der Waals surface area contributed by atoms with Crippen molar-refractivity contribution in [2.45, 2.75) is 16.2 Å². The SMILES string of the molecule is OC[C@@H](Sc1ccccc1)[C@@H](O)c1ccccc1. The summed E-state index contributed by atoms with van der Waals surface area (Å²) in [5.74, 6) is 0. The molecular weight excluding hydrogens is 244 g/mol. The summed E-state index contributed by atoms with van der Waals surface area (Å²) >= 11 is 1.49. The van der Waals surface area contributed by atoms with Gasteiger partial charge in [-0.25, -0.2) is 0 Å². The van der Waals surface area contributed by atoms with Crippen LogP contribution in [-0.4, -0.2) is 22.1 Å². The largest absolute Gasteiger partial charge is 0.395 e. The standard InChI is InChI=1S/C15H16O2S/c16-11-14(18-13-9-5-2-6-10-13)15(17)12-7-3-1-4-8-12/h1-10,14-17H,11H2/t14-,15+/m1/s1. The molecule has 3 heteroatoms. The van der Waals surface area contributed by atoms with Gasteiger partial charge in [-0.05, 0) is 17.7 Å². The Labute approximate surface area is 111 Å². The molecule has 0 spiro atoms. The van der Waals surface area contributed by atoms with Gasteiger partial charge in [-0.1, -0.05) is 48.5 Å². The molecule has 0 radical (unpaired) electrons. The Morgan fingerprint density at radius 3 is 2.00 bits per heavy atom. The van der Waals surface area contributed by atoms with Gasteiger partial charge >= 0.3 is 0 Å². The molecule has 2 aromatic rings. The summed E-state index contributed by atoms with van der Waals surface area (Å²) in [5, 5.41) is 19.4. The lowest BCUT2D eigenvalue weighted by Crippen LogP contribution is -2.19. The number of benzene rings is 2. The third-order valence-corrected chi connectivity index (χ3v) is 3.96. The van der Waals surface area contributed by atoms with Gasteiger partial charge in [-0.3, -0.25) is 0 Å². The first-order valence-corrected chi connectivity index (χ1v) is 6.75. The van der Waals surface area contributed by atoms with Crippen molar-refractivity contribution >= 4 is 11.8 Å². The van der Waals surface area contributed by atoms with Crippen molar-refractivity contribution < 1.29 is 10.2 Å². The molecule has 0 aliphatic carbocycles. The number of hydrogen-bond donors (Lipinski definition) is 2. The first-order chi connectivity index (χ1) is 8.81. The van der Waals surface area contributed by atoms with Crippen molar-refractivity contribution in [3.63, 3.8) is 0 Å². The van der Waals surface area contributed by atoms with Crippen LogP contribution in [0.3, 0.4) is 0 Å². The molecule has 0 saturated heterocycles. The van der Waals surface area contributed by atoms with Gasteiger partial charge in [-0.2, -0.15) is 0 Å². The van der Waals surface area contributed by atoms with E-state index in [0.29, 0.717) is 0 Å². The number of aliphatic hydroxyl groups excluding tert-OH is 2. The highest BCUT2D eigenvalue weighted by Crippen LogP contribution is 2.31. The normalized spacial score (nSPS) is 14.1. The maximum absolute atomic E-state index is 10.3. The predicted octanol–water partition coefficient (Wildman–Crippen LogP) is 2.87. The van der Waals surface area contributed by atoms with E-state index in [4.69, 9.17) is 0 Å². The van der Waals surface area contributed by atoms with Crippen molar-refractivity contribution in [1.29, 1.82) is 0 Å². The van der Waals surface area contributed by atoms with Crippen LogP contribution in [0, 0.1) is 0 Å². The lowest BCUT2D eigenvalue weighted by Gasteiger charge is -2.20. The van der Waals surface area contributed by atoms with Crippen molar-refractivity contribution in [2.24, 2.45) is 0 Å². The first-order valence-electron chi connectivity index (χ1n) is 5.87. The Morgan fingerprint density at radius 2 is 1.44 bits per heavy atom. The molecule has 94 valence electrons. The summed E-state index contributed by atoms with van der Waals surface area (Å²) in [6.45, 7) is -0.0599. The fraction of sp³-hybridized carbons (Fsp3) is 0.200. The monoisotopic (exact) mass is 260 g/mol. The van der Waals surface area contributed by atoms with Crippen LogP contribution in [0.15, 0.2) is 65.6 Å². The van der Waals surface area contributed by atoms with Gasteiger partial charge in [0.05, 0.1) is 18.0 Å². The van der Waals surface area contributed by atoms with Crippen molar-refractivity contribution in [3.8, 4) is 0 Å². The highest BCUT2D eigenvalue weighted by Gasteiger charge is 2.21. The average molecular weight is 260 g/mol. The van der Waals surface area contributed by atoms with E-state index in [1.807, 2.05) is 60.7 Å². The van der Waals surface area contributed by atoms with E-state index in [9.17, 15) is 10.2 Å². The van der Waals surface area contributed by atoms with Crippen LogP contribution >= 0.6 is 11.8 Å². The summed E-state index contributed by atoms with van der Waals surface area (Å²) in [7, 11) is 0.